The van der Waals surface area contributed by atoms with Gasteiger partial charge in [0.15, 0.2) is 16.1 Å². The zero-order chi connectivity index (χ0) is 25.5. The quantitative estimate of drug-likeness (QED) is 0.503. The maximum Gasteiger partial charge on any atom is 0.267 e. The normalized spacial score (nSPS) is 17.3. The summed E-state index contributed by atoms with van der Waals surface area (Å²) in [5, 5.41) is 2.54. The lowest BCUT2D eigenvalue weighted by atomic mass is 9.95. The lowest BCUT2D eigenvalue weighted by molar-refractivity contribution is -0.201. The predicted octanol–water partition coefficient (Wildman–Crippen LogP) is 3.36. The predicted molar refractivity (Wildman–Crippen MR) is 129 cm³/mol. The van der Waals surface area contributed by atoms with E-state index in [4.69, 9.17) is 14.3 Å². The Morgan fingerprint density at radius 2 is 1.69 bits per heavy atom. The number of carbonyl (C=O) groups is 2. The number of rotatable bonds is 9. The lowest BCUT2D eigenvalue weighted by Gasteiger charge is -2.26. The number of hydrogen-bond acceptors (Lipinski definition) is 7. The van der Waals surface area contributed by atoms with Crippen LogP contribution in [0.5, 0.6) is 11.5 Å². The topological polar surface area (TPSA) is 120 Å². The minimum absolute atomic E-state index is 0.00254. The largest absolute Gasteiger partial charge is 0.457 e. The number of sulfone groups is 1. The molecule has 2 aromatic carbocycles. The van der Waals surface area contributed by atoms with Crippen LogP contribution in [0.4, 0.5) is 0 Å². The summed E-state index contributed by atoms with van der Waals surface area (Å²) in [6.07, 6.45) is 1.80. The fraction of sp³-hybridized carbons (Fsp3) is 0.440. The first kappa shape index (κ1) is 26.7. The molecular weight excluding hydrogens is 472 g/mol. The van der Waals surface area contributed by atoms with Crippen molar-refractivity contribution >= 4 is 21.7 Å². The summed E-state index contributed by atoms with van der Waals surface area (Å²) >= 11 is 0. The maximum absolute atomic E-state index is 13.1. The molecule has 3 rings (SSSR count). The fourth-order valence-electron chi connectivity index (χ4n) is 3.21. The van der Waals surface area contributed by atoms with Gasteiger partial charge >= 0.3 is 0 Å². The van der Waals surface area contributed by atoms with Crippen molar-refractivity contribution in [2.45, 2.75) is 57.3 Å². The number of para-hydroxylation sites is 1. The Bertz CT molecular complexity index is 1090. The minimum Gasteiger partial charge on any atom is -0.457 e. The third-order valence-electron chi connectivity index (χ3n) is 5.28. The second-order valence-corrected chi connectivity index (χ2v) is 11.4. The highest BCUT2D eigenvalue weighted by atomic mass is 32.2. The Morgan fingerprint density at radius 1 is 1.03 bits per heavy atom. The van der Waals surface area contributed by atoms with Crippen molar-refractivity contribution in [2.75, 3.05) is 12.4 Å². The molecule has 1 aliphatic rings. The summed E-state index contributed by atoms with van der Waals surface area (Å²) in [5.41, 5.74) is 1.43. The lowest BCUT2D eigenvalue weighted by Crippen LogP contribution is -2.53. The van der Waals surface area contributed by atoms with E-state index in [0.717, 1.165) is 12.8 Å². The molecule has 2 N–H and O–H groups in total. The number of hydroxylamine groups is 1. The minimum atomic E-state index is -3.95. The molecule has 0 spiro atoms. The van der Waals surface area contributed by atoms with Crippen LogP contribution in [0.15, 0.2) is 59.5 Å². The van der Waals surface area contributed by atoms with E-state index in [9.17, 15) is 18.0 Å². The van der Waals surface area contributed by atoms with Gasteiger partial charge in [-0.25, -0.2) is 18.7 Å². The second kappa shape index (κ2) is 11.7. The van der Waals surface area contributed by atoms with Gasteiger partial charge in [0.1, 0.15) is 17.5 Å². The van der Waals surface area contributed by atoms with E-state index in [2.05, 4.69) is 10.8 Å². The Kier molecular flexibility index (Phi) is 8.87. The summed E-state index contributed by atoms with van der Waals surface area (Å²) in [5.74, 6) is -0.801. The maximum atomic E-state index is 13.1. The highest BCUT2D eigenvalue weighted by molar-refractivity contribution is 7.91. The summed E-state index contributed by atoms with van der Waals surface area (Å²) in [6.45, 7) is 5.53. The number of benzene rings is 2. The third kappa shape index (κ3) is 8.05. The van der Waals surface area contributed by atoms with Crippen molar-refractivity contribution in [3.05, 3.63) is 54.6 Å². The molecule has 190 valence electrons. The first-order valence-electron chi connectivity index (χ1n) is 11.5. The van der Waals surface area contributed by atoms with Crippen LogP contribution >= 0.6 is 0 Å². The fourth-order valence-corrected chi connectivity index (χ4v) is 4.63. The first-order chi connectivity index (χ1) is 16.5. The van der Waals surface area contributed by atoms with Crippen LogP contribution < -0.4 is 15.5 Å². The third-order valence-corrected chi connectivity index (χ3v) is 7.04. The molecule has 0 saturated carbocycles. The van der Waals surface area contributed by atoms with Crippen LogP contribution in [0.3, 0.4) is 0 Å². The Labute approximate surface area is 206 Å². The molecule has 1 heterocycles. The average Bonchev–Trinajstić information content (AvgIpc) is 2.83. The van der Waals surface area contributed by atoms with Crippen molar-refractivity contribution in [3.63, 3.8) is 0 Å². The Balaban J connectivity index is 1.71. The molecule has 2 amide bonds. The van der Waals surface area contributed by atoms with Crippen molar-refractivity contribution in [1.82, 2.24) is 10.8 Å². The van der Waals surface area contributed by atoms with Gasteiger partial charge in [0.2, 0.25) is 5.91 Å². The molecule has 2 aromatic rings. The Hall–Kier alpha value is -2.95. The van der Waals surface area contributed by atoms with Crippen LogP contribution in [-0.4, -0.2) is 44.9 Å². The van der Waals surface area contributed by atoms with E-state index in [1.807, 2.05) is 18.2 Å². The van der Waals surface area contributed by atoms with E-state index < -0.39 is 45.2 Å². The number of carbonyl (C=O) groups excluding carboxylic acids is 2. The standard InChI is InChI=1S/C25H32N2O7S/c1-25(2,3)24(29)26-21(23(28)27-34-22-11-7-8-16-32-22)17-35(30,31)20-14-12-19(13-15-20)33-18-9-5-4-6-10-18/h4-6,9-10,12-15,21-22H,7-8,11,16-17H2,1-3H3,(H,26,29)(H,27,28). The van der Waals surface area contributed by atoms with Gasteiger partial charge in [-0.15, -0.1) is 0 Å². The SMILES string of the molecule is CC(C)(C)C(=O)NC(CS(=O)(=O)c1ccc(Oc2ccccc2)cc1)C(=O)NOC1CCCCO1. The molecule has 1 aliphatic heterocycles. The molecule has 35 heavy (non-hydrogen) atoms. The number of amides is 2. The van der Waals surface area contributed by atoms with Crippen molar-refractivity contribution in [3.8, 4) is 11.5 Å². The average molecular weight is 505 g/mol. The van der Waals surface area contributed by atoms with Gasteiger partial charge in [0.25, 0.3) is 5.91 Å². The van der Waals surface area contributed by atoms with E-state index in [1.165, 1.54) is 24.3 Å². The highest BCUT2D eigenvalue weighted by Crippen LogP contribution is 2.23. The highest BCUT2D eigenvalue weighted by Gasteiger charge is 2.32. The second-order valence-electron chi connectivity index (χ2n) is 9.32. The van der Waals surface area contributed by atoms with Crippen LogP contribution in [0.25, 0.3) is 0 Å². The molecule has 9 nitrogen and oxygen atoms in total. The van der Waals surface area contributed by atoms with Crippen molar-refractivity contribution in [1.29, 1.82) is 0 Å². The van der Waals surface area contributed by atoms with Gasteiger partial charge < -0.3 is 14.8 Å². The Morgan fingerprint density at radius 3 is 2.29 bits per heavy atom. The van der Waals surface area contributed by atoms with Gasteiger partial charge in [0, 0.05) is 18.4 Å². The van der Waals surface area contributed by atoms with Crippen LogP contribution in [0, 0.1) is 5.41 Å². The van der Waals surface area contributed by atoms with E-state index in [-0.39, 0.29) is 4.90 Å². The molecule has 1 saturated heterocycles. The smallest absolute Gasteiger partial charge is 0.267 e. The summed E-state index contributed by atoms with van der Waals surface area (Å²) in [7, 11) is -3.95. The zero-order valence-electron chi connectivity index (χ0n) is 20.2. The molecule has 2 unspecified atom stereocenters. The molecule has 0 aliphatic carbocycles. The summed E-state index contributed by atoms with van der Waals surface area (Å²) in [4.78, 5) is 30.7. The molecule has 2 atom stereocenters. The van der Waals surface area contributed by atoms with E-state index >= 15 is 0 Å². The van der Waals surface area contributed by atoms with Gasteiger partial charge in [-0.1, -0.05) is 39.0 Å². The van der Waals surface area contributed by atoms with Gasteiger partial charge in [-0.3, -0.25) is 9.59 Å². The molecule has 1 fully saturated rings. The summed E-state index contributed by atoms with van der Waals surface area (Å²) < 4.78 is 37.3. The summed E-state index contributed by atoms with van der Waals surface area (Å²) in [6, 6.07) is 13.6. The number of ether oxygens (including phenoxy) is 2. The molecule has 10 heteroatoms. The van der Waals surface area contributed by atoms with Gasteiger partial charge in [-0.05, 0) is 49.2 Å². The number of nitrogens with one attached hydrogen (secondary N) is 2. The first-order valence-corrected chi connectivity index (χ1v) is 13.1. The molecule has 0 aromatic heterocycles. The van der Waals surface area contributed by atoms with Gasteiger partial charge in [-0.2, -0.15) is 0 Å². The van der Waals surface area contributed by atoms with E-state index in [1.54, 1.807) is 32.9 Å². The van der Waals surface area contributed by atoms with Crippen LogP contribution in [0.2, 0.25) is 0 Å². The number of hydrogen-bond donors (Lipinski definition) is 2. The van der Waals surface area contributed by atoms with Crippen LogP contribution in [-0.2, 0) is 29.0 Å². The van der Waals surface area contributed by atoms with Crippen molar-refractivity contribution < 1.29 is 32.3 Å². The van der Waals surface area contributed by atoms with Gasteiger partial charge in [0.05, 0.1) is 10.6 Å². The molecular formula is C25H32N2O7S. The molecule has 0 bridgehead atoms. The zero-order valence-corrected chi connectivity index (χ0v) is 21.0. The van der Waals surface area contributed by atoms with Crippen molar-refractivity contribution in [2.24, 2.45) is 5.41 Å². The van der Waals surface area contributed by atoms with Crippen LogP contribution in [0.1, 0.15) is 40.0 Å². The monoisotopic (exact) mass is 504 g/mol. The van der Waals surface area contributed by atoms with E-state index in [0.29, 0.717) is 24.5 Å². The molecule has 0 radical (unpaired) electrons.